The van der Waals surface area contributed by atoms with Crippen molar-refractivity contribution < 1.29 is 51.7 Å². The van der Waals surface area contributed by atoms with Crippen LogP contribution in [0.15, 0.2) is 141 Å². The number of halogens is 2. The van der Waals surface area contributed by atoms with Gasteiger partial charge in [-0.2, -0.15) is 54.8 Å². The SMILES string of the molecule is CC(=O)N1CCC(n2nc(N3CCCc4cc(-c5cnn(C)c5)ccc43)c3c2CCN(C(C)=O)C3)CC1.CC(=O)N1CCc2c(c(N3CCC(C)c4cc(-c5cnn(C)c5)c(C#N)cc43)nn2[C@H]2CCOC2)C1.CC(=O)N1CCc2c(c(N3C[C@H](c4ccccc4)Cc4cc(-c5cnn(C)c5)ccc43)nn2[C@H]2CCOC2)C1.Cn1cc(-c2cc3c(cc2OC(F)F)N(c2nn(C4CCOCC4)c4c2CN(C(N)=O)CC4)CCC3)cn1. The van der Waals surface area contributed by atoms with Gasteiger partial charge >= 0.3 is 12.6 Å². The molecular formula is C112H131F2N27O9. The lowest BCUT2D eigenvalue weighted by Gasteiger charge is -2.37. The van der Waals surface area contributed by atoms with Crippen LogP contribution in [-0.2, 0) is 133 Å². The molecule has 5 aromatic carbocycles. The molecule has 1 unspecified atom stereocenters. The number of piperidine rings is 1. The molecule has 12 aliphatic heterocycles. The van der Waals surface area contributed by atoms with Crippen molar-refractivity contribution in [3.8, 4) is 56.3 Å². The zero-order valence-corrected chi connectivity index (χ0v) is 86.9. The summed E-state index contributed by atoms with van der Waals surface area (Å²) in [6, 6.07) is 35.0. The number of nitriles is 1. The van der Waals surface area contributed by atoms with Gasteiger partial charge < -0.3 is 68.8 Å². The second kappa shape index (κ2) is 42.3. The van der Waals surface area contributed by atoms with Crippen LogP contribution in [0, 0.1) is 11.3 Å². The van der Waals surface area contributed by atoms with E-state index in [0.717, 1.165) is 235 Å². The summed E-state index contributed by atoms with van der Waals surface area (Å²) in [6.45, 7) is 19.8. The normalized spacial score (nSPS) is 19.5. The van der Waals surface area contributed by atoms with Gasteiger partial charge in [-0.15, -0.1) is 0 Å². The number of carbonyl (C=O) groups is 5. The molecule has 0 bridgehead atoms. The fourth-order valence-corrected chi connectivity index (χ4v) is 24.5. The molecule has 782 valence electrons. The van der Waals surface area contributed by atoms with E-state index in [4.69, 9.17) is 45.1 Å². The quantitative estimate of drug-likeness (QED) is 0.0996. The number of alkyl halides is 2. The van der Waals surface area contributed by atoms with Gasteiger partial charge in [0.15, 0.2) is 23.3 Å². The minimum absolute atomic E-state index is 0.0871. The van der Waals surface area contributed by atoms with E-state index >= 15 is 0 Å². The van der Waals surface area contributed by atoms with E-state index in [2.05, 4.69) is 151 Å². The minimum atomic E-state index is -2.97. The molecule has 0 aliphatic carbocycles. The predicted octanol–water partition coefficient (Wildman–Crippen LogP) is 15.5. The summed E-state index contributed by atoms with van der Waals surface area (Å²) >= 11 is 0. The number of amides is 6. The molecule has 4 atom stereocenters. The maximum atomic E-state index is 13.5. The topological polar surface area (TPSA) is 344 Å². The number of hydrogen-bond acceptors (Lipinski definition) is 22. The summed E-state index contributed by atoms with van der Waals surface area (Å²) in [5.74, 6) is 4.87. The number of fused-ring (bicyclic) bond motifs is 8. The van der Waals surface area contributed by atoms with Crippen LogP contribution in [0.2, 0.25) is 0 Å². The second-order valence-corrected chi connectivity index (χ2v) is 42.0. The van der Waals surface area contributed by atoms with Gasteiger partial charge in [0.2, 0.25) is 23.6 Å². The molecular weight excluding hydrogens is 1910 g/mol. The Hall–Kier alpha value is -14.8. The molecule has 150 heavy (non-hydrogen) atoms. The van der Waals surface area contributed by atoms with Gasteiger partial charge in [-0.3, -0.25) is 56.6 Å². The molecule has 8 aromatic heterocycles. The molecule has 36 nitrogen and oxygen atoms in total. The summed E-state index contributed by atoms with van der Waals surface area (Å²) in [5.41, 5.74) is 33.7. The molecule has 0 radical (unpaired) electrons. The lowest BCUT2D eigenvalue weighted by molar-refractivity contribution is -0.130. The van der Waals surface area contributed by atoms with E-state index in [1.165, 1.54) is 73.0 Å². The average Bonchev–Trinajstić information content (AvgIpc) is 1.56. The summed E-state index contributed by atoms with van der Waals surface area (Å²) in [7, 11) is 7.56. The molecule has 4 saturated heterocycles. The van der Waals surface area contributed by atoms with Crippen molar-refractivity contribution in [1.82, 2.24) is 103 Å². The highest BCUT2D eigenvalue weighted by Gasteiger charge is 2.43. The van der Waals surface area contributed by atoms with Gasteiger partial charge in [-0.05, 0) is 164 Å². The number of nitrogens with two attached hydrogens (primary N) is 1. The Morgan fingerprint density at radius 3 is 1.31 bits per heavy atom. The number of ether oxygens (including phenoxy) is 4. The first kappa shape index (κ1) is 99.8. The molecule has 13 aromatic rings. The summed E-state index contributed by atoms with van der Waals surface area (Å²) < 4.78 is 64.9. The molecule has 6 amide bonds. The first-order chi connectivity index (χ1) is 72.8. The number of aryl methyl sites for hydroxylation is 6. The lowest BCUT2D eigenvalue weighted by atomic mass is 9.86. The first-order valence-corrected chi connectivity index (χ1v) is 53.0. The number of aromatic nitrogens is 16. The maximum Gasteiger partial charge on any atom is 0.387 e. The highest BCUT2D eigenvalue weighted by molar-refractivity contribution is 5.84. The third-order valence-corrected chi connectivity index (χ3v) is 32.5. The Bertz CT molecular complexity index is 7290. The number of likely N-dealkylation sites (tertiary alicyclic amines) is 1. The number of primary amides is 1. The highest BCUT2D eigenvalue weighted by atomic mass is 19.3. The van der Waals surface area contributed by atoms with Crippen LogP contribution >= 0.6 is 0 Å². The van der Waals surface area contributed by atoms with Crippen molar-refractivity contribution in [1.29, 1.82) is 5.26 Å². The van der Waals surface area contributed by atoms with E-state index < -0.39 is 12.6 Å². The maximum absolute atomic E-state index is 13.5. The Morgan fingerprint density at radius 1 is 0.420 bits per heavy atom. The molecule has 4 fully saturated rings. The van der Waals surface area contributed by atoms with Crippen LogP contribution in [0.1, 0.15) is 207 Å². The number of anilines is 8. The third-order valence-electron chi connectivity index (χ3n) is 32.5. The molecule has 2 N–H and O–H groups in total. The Labute approximate surface area is 870 Å². The van der Waals surface area contributed by atoms with E-state index in [-0.39, 0.29) is 53.5 Å². The largest absolute Gasteiger partial charge is 0.434 e. The molecule has 12 aliphatic rings. The van der Waals surface area contributed by atoms with Gasteiger partial charge in [0.1, 0.15) is 5.75 Å². The molecule has 25 rings (SSSR count). The van der Waals surface area contributed by atoms with Gasteiger partial charge in [0.05, 0.1) is 100.0 Å². The van der Waals surface area contributed by atoms with Crippen molar-refractivity contribution >= 4 is 75.7 Å². The number of nitrogens with zero attached hydrogens (tertiary/aromatic N) is 26. The van der Waals surface area contributed by atoms with Crippen LogP contribution in [-0.4, -0.2) is 244 Å². The summed E-state index contributed by atoms with van der Waals surface area (Å²) in [5, 5.41) is 48.2. The van der Waals surface area contributed by atoms with Gasteiger partial charge in [-0.1, -0.05) is 49.4 Å². The van der Waals surface area contributed by atoms with Crippen molar-refractivity contribution in [2.45, 2.75) is 206 Å². The van der Waals surface area contributed by atoms with Crippen molar-refractivity contribution in [3.05, 3.63) is 219 Å². The van der Waals surface area contributed by atoms with E-state index in [9.17, 15) is 38.0 Å². The standard InChI is InChI=1S/C31H34N6O2.C28H35N7O2.C27H31N7O2.C26H31F2N7O3/c1-21(38)35-12-10-30-28(19-35)31(33-37(30)27-11-13-39-20-27)36-18-25(22-6-4-3-5-7-22)15-24-14-23(8-9-29(24)36)26-16-32-34(2)17-26;1-19(36)32-12-8-24(9-13-32)35-27-10-14-33(20(2)37)18-25(27)28(30-35)34-11-4-5-22-15-21(6-7-26(22)34)23-16-29-31(3)17-23;1-17-4-8-33(26-10-19(12-28)23(11-22(17)26)20-13-29-31(3)14-20)27-24-15-32(18(2)35)7-5-25(24)34(30-27)21-6-9-36-16-21;1-32-14-17(13-30-32)19-11-16-3-2-7-34(22(16)12-23(19)38-25(27)28)24-20-15-33(26(29)36)8-4-21(20)35(31-24)18-5-9-37-10-6-18/h3-9,14,16-17,25,27H,10-13,15,18-20H2,1-2H3;6-7,15-17,24H,4-5,8-14,18H2,1-3H3;10-11,13-14,17,21H,4-9,15-16H2,1-3H3;11-14,18,25H,2-10,15H2,1H3,(H2,29,36)/t25-,27+;;17?,21-;/m1.0./s1. The molecule has 0 spiro atoms. The van der Waals surface area contributed by atoms with Gasteiger partial charge in [0, 0.05) is 311 Å². The number of urea groups is 1. The highest BCUT2D eigenvalue weighted by Crippen LogP contribution is 2.51. The van der Waals surface area contributed by atoms with Crippen molar-refractivity contribution in [3.63, 3.8) is 0 Å². The number of carbonyl (C=O) groups excluding carboxylic acids is 5. The summed E-state index contributed by atoms with van der Waals surface area (Å²) in [4.78, 5) is 79.5. The smallest absolute Gasteiger partial charge is 0.387 e. The zero-order chi connectivity index (χ0) is 104. The van der Waals surface area contributed by atoms with Gasteiger partial charge in [-0.25, -0.2) is 4.79 Å². The van der Waals surface area contributed by atoms with Crippen molar-refractivity contribution in [2.24, 2.45) is 33.9 Å². The minimum Gasteiger partial charge on any atom is -0.434 e. The fourth-order valence-electron chi connectivity index (χ4n) is 24.5. The molecule has 0 saturated carbocycles. The molecule has 20 heterocycles. The monoisotopic (exact) mass is 2040 g/mol. The third kappa shape index (κ3) is 19.9. The van der Waals surface area contributed by atoms with Crippen LogP contribution in [0.25, 0.3) is 44.5 Å². The number of rotatable bonds is 15. The van der Waals surface area contributed by atoms with E-state index in [1.54, 1.807) is 67.5 Å². The van der Waals surface area contributed by atoms with Crippen LogP contribution in [0.4, 0.5) is 59.6 Å². The lowest BCUT2D eigenvalue weighted by Crippen LogP contribution is -2.40. The predicted molar refractivity (Wildman–Crippen MR) is 562 cm³/mol. The van der Waals surface area contributed by atoms with E-state index in [0.29, 0.717) is 107 Å². The van der Waals surface area contributed by atoms with Gasteiger partial charge in [0.25, 0.3) is 0 Å². The number of hydrogen-bond donors (Lipinski definition) is 1. The first-order valence-electron chi connectivity index (χ1n) is 53.0. The van der Waals surface area contributed by atoms with Crippen LogP contribution in [0.3, 0.4) is 0 Å². The fraction of sp³-hybridized carbons (Fsp3) is 0.464. The Balaban J connectivity index is 0.000000113. The second-order valence-electron chi connectivity index (χ2n) is 42.0. The summed E-state index contributed by atoms with van der Waals surface area (Å²) in [6.07, 6.45) is 29.4. The Kier molecular flexibility index (Phi) is 28.1. The molecule has 38 heteroatoms. The van der Waals surface area contributed by atoms with Crippen LogP contribution in [0.5, 0.6) is 5.75 Å². The Morgan fingerprint density at radius 2 is 0.847 bits per heavy atom. The number of benzene rings is 5. The average molecular weight is 2040 g/mol. The zero-order valence-electron chi connectivity index (χ0n) is 86.9. The van der Waals surface area contributed by atoms with Crippen molar-refractivity contribution in [2.75, 3.05) is 125 Å². The van der Waals surface area contributed by atoms with E-state index in [1.807, 2.05) is 93.2 Å². The van der Waals surface area contributed by atoms with Crippen LogP contribution < -0.4 is 30.1 Å².